The van der Waals surface area contributed by atoms with E-state index in [0.717, 1.165) is 30.4 Å². The van der Waals surface area contributed by atoms with Gasteiger partial charge in [-0.1, -0.05) is 19.9 Å². The van der Waals surface area contributed by atoms with E-state index < -0.39 is 0 Å². The van der Waals surface area contributed by atoms with Crippen LogP contribution in [0.4, 0.5) is 0 Å². The van der Waals surface area contributed by atoms with Crippen LogP contribution in [0, 0.1) is 5.92 Å². The molecule has 0 aliphatic heterocycles. The summed E-state index contributed by atoms with van der Waals surface area (Å²) >= 11 is 1.82. The second-order valence-corrected chi connectivity index (χ2v) is 5.67. The van der Waals surface area contributed by atoms with E-state index in [-0.39, 0.29) is 5.25 Å². The van der Waals surface area contributed by atoms with Gasteiger partial charge in [0.25, 0.3) is 0 Å². The molecule has 0 amide bonds. The summed E-state index contributed by atoms with van der Waals surface area (Å²) in [6, 6.07) is 0. The summed E-state index contributed by atoms with van der Waals surface area (Å²) in [7, 11) is 0. The maximum absolute atomic E-state index is 5.62. The van der Waals surface area contributed by atoms with Gasteiger partial charge >= 0.3 is 0 Å². The second kappa shape index (κ2) is 6.74. The molecule has 0 saturated heterocycles. The Bertz CT molecular complexity index is 323. The fourth-order valence-corrected chi connectivity index (χ4v) is 2.16. The Balaban J connectivity index is 2.46. The molecule has 0 radical (unpaired) electrons. The van der Waals surface area contributed by atoms with Crippen molar-refractivity contribution < 1.29 is 4.42 Å². The average Bonchev–Trinajstić information content (AvgIpc) is 2.65. The third kappa shape index (κ3) is 4.39. The van der Waals surface area contributed by atoms with E-state index in [4.69, 9.17) is 4.42 Å². The molecule has 1 heterocycles. The average molecular weight is 240 g/mol. The Morgan fingerprint density at radius 1 is 1.38 bits per heavy atom. The highest BCUT2D eigenvalue weighted by Crippen LogP contribution is 2.27. The van der Waals surface area contributed by atoms with Gasteiger partial charge in [0.15, 0.2) is 0 Å². The summed E-state index contributed by atoms with van der Waals surface area (Å²) in [6.45, 7) is 10.1. The lowest BCUT2D eigenvalue weighted by molar-refractivity contribution is 0.426. The van der Waals surface area contributed by atoms with Crippen LogP contribution in [-0.2, 0) is 6.42 Å². The van der Waals surface area contributed by atoms with Crippen LogP contribution in [-0.4, -0.2) is 16.0 Å². The third-order valence-corrected chi connectivity index (χ3v) is 3.28. The lowest BCUT2D eigenvalue weighted by Crippen LogP contribution is -1.93. The molecule has 1 aromatic rings. The third-order valence-electron chi connectivity index (χ3n) is 2.10. The number of hydrogen-bond acceptors (Lipinski definition) is 4. The maximum atomic E-state index is 5.62. The van der Waals surface area contributed by atoms with Crippen molar-refractivity contribution in [2.45, 2.75) is 38.9 Å². The molecule has 0 aliphatic rings. The number of nitrogens with zero attached hydrogens (tertiary/aromatic N) is 2. The zero-order chi connectivity index (χ0) is 12.0. The van der Waals surface area contributed by atoms with Gasteiger partial charge in [0, 0.05) is 6.42 Å². The molecule has 0 aromatic carbocycles. The number of allylic oxidation sites excluding steroid dienone is 1. The number of hydrogen-bond donors (Lipinski definition) is 0. The zero-order valence-corrected chi connectivity index (χ0v) is 11.1. The minimum absolute atomic E-state index is 0.272. The highest BCUT2D eigenvalue weighted by Gasteiger charge is 2.14. The molecule has 16 heavy (non-hydrogen) atoms. The van der Waals surface area contributed by atoms with Crippen molar-refractivity contribution in [3.8, 4) is 0 Å². The fourth-order valence-electron chi connectivity index (χ4n) is 1.26. The first-order valence-corrected chi connectivity index (χ1v) is 6.73. The predicted octanol–water partition coefficient (Wildman–Crippen LogP) is 3.64. The second-order valence-electron chi connectivity index (χ2n) is 4.22. The highest BCUT2D eigenvalue weighted by atomic mass is 32.2. The molecule has 3 nitrogen and oxygen atoms in total. The van der Waals surface area contributed by atoms with Gasteiger partial charge in [0.2, 0.25) is 11.8 Å². The van der Waals surface area contributed by atoms with Gasteiger partial charge in [-0.05, 0) is 25.0 Å². The Morgan fingerprint density at radius 3 is 2.75 bits per heavy atom. The summed E-state index contributed by atoms with van der Waals surface area (Å²) in [6.07, 6.45) is 3.80. The zero-order valence-electron chi connectivity index (χ0n) is 10.3. The van der Waals surface area contributed by atoms with Crippen LogP contribution < -0.4 is 0 Å². The van der Waals surface area contributed by atoms with E-state index in [1.807, 2.05) is 17.8 Å². The molecule has 0 bridgehead atoms. The van der Waals surface area contributed by atoms with Crippen LogP contribution in [0.3, 0.4) is 0 Å². The molecule has 1 rings (SSSR count). The lowest BCUT2D eigenvalue weighted by Gasteiger charge is -2.04. The summed E-state index contributed by atoms with van der Waals surface area (Å²) in [5.74, 6) is 3.09. The first kappa shape index (κ1) is 13.3. The fraction of sp³-hybridized carbons (Fsp3) is 0.667. The SMILES string of the molecule is C=CCCS[C@H](C)c1nnc(CC(C)C)o1. The topological polar surface area (TPSA) is 38.9 Å². The van der Waals surface area contributed by atoms with Gasteiger partial charge in [-0.25, -0.2) is 0 Å². The Labute approximate surface area is 102 Å². The Hall–Kier alpha value is -0.770. The van der Waals surface area contributed by atoms with E-state index in [0.29, 0.717) is 5.92 Å². The van der Waals surface area contributed by atoms with Crippen molar-refractivity contribution in [1.29, 1.82) is 0 Å². The predicted molar refractivity (Wildman–Crippen MR) is 68.5 cm³/mol. The van der Waals surface area contributed by atoms with Crippen LogP contribution in [0.25, 0.3) is 0 Å². The van der Waals surface area contributed by atoms with Crippen molar-refractivity contribution in [2.24, 2.45) is 5.92 Å². The monoisotopic (exact) mass is 240 g/mol. The van der Waals surface area contributed by atoms with Crippen LogP contribution in [0.15, 0.2) is 17.1 Å². The van der Waals surface area contributed by atoms with E-state index in [1.54, 1.807) is 0 Å². The first-order chi connectivity index (χ1) is 7.63. The molecule has 0 spiro atoms. The standard InChI is InChI=1S/C12H20N2OS/c1-5-6-7-16-10(4)12-14-13-11(15-12)8-9(2)3/h5,9-10H,1,6-8H2,2-4H3/t10-/m1/s1. The molecule has 0 fully saturated rings. The maximum Gasteiger partial charge on any atom is 0.229 e. The van der Waals surface area contributed by atoms with Crippen molar-refractivity contribution in [3.05, 3.63) is 24.4 Å². The molecular weight excluding hydrogens is 220 g/mol. The number of rotatable bonds is 7. The van der Waals surface area contributed by atoms with E-state index in [9.17, 15) is 0 Å². The van der Waals surface area contributed by atoms with E-state index in [2.05, 4.69) is 37.5 Å². The lowest BCUT2D eigenvalue weighted by atomic mass is 10.1. The highest BCUT2D eigenvalue weighted by molar-refractivity contribution is 7.99. The summed E-state index contributed by atoms with van der Waals surface area (Å²) in [5, 5.41) is 8.41. The van der Waals surface area contributed by atoms with Crippen LogP contribution in [0.5, 0.6) is 0 Å². The molecule has 1 atom stereocenters. The molecule has 90 valence electrons. The minimum Gasteiger partial charge on any atom is -0.424 e. The number of aromatic nitrogens is 2. The Morgan fingerprint density at radius 2 is 2.12 bits per heavy atom. The summed E-state index contributed by atoms with van der Waals surface area (Å²) < 4.78 is 5.62. The van der Waals surface area contributed by atoms with Crippen LogP contribution >= 0.6 is 11.8 Å². The number of thioether (sulfide) groups is 1. The van der Waals surface area contributed by atoms with Crippen LogP contribution in [0.2, 0.25) is 0 Å². The summed E-state index contributed by atoms with van der Waals surface area (Å²) in [5.41, 5.74) is 0. The largest absolute Gasteiger partial charge is 0.424 e. The summed E-state index contributed by atoms with van der Waals surface area (Å²) in [4.78, 5) is 0. The van der Waals surface area contributed by atoms with Crippen molar-refractivity contribution in [2.75, 3.05) is 5.75 Å². The van der Waals surface area contributed by atoms with Crippen molar-refractivity contribution >= 4 is 11.8 Å². The first-order valence-electron chi connectivity index (χ1n) is 5.68. The molecular formula is C12H20N2OS. The quantitative estimate of drug-likeness (QED) is 0.539. The molecule has 0 N–H and O–H groups in total. The smallest absolute Gasteiger partial charge is 0.229 e. The Kier molecular flexibility index (Phi) is 5.60. The van der Waals surface area contributed by atoms with Gasteiger partial charge in [-0.2, -0.15) is 0 Å². The van der Waals surface area contributed by atoms with Gasteiger partial charge in [-0.3, -0.25) is 0 Å². The van der Waals surface area contributed by atoms with Gasteiger partial charge in [-0.15, -0.1) is 28.5 Å². The normalized spacial score (nSPS) is 13.0. The van der Waals surface area contributed by atoms with Crippen LogP contribution in [0.1, 0.15) is 44.2 Å². The van der Waals surface area contributed by atoms with E-state index in [1.165, 1.54) is 0 Å². The van der Waals surface area contributed by atoms with Gasteiger partial charge in [0.1, 0.15) is 0 Å². The molecule has 0 aliphatic carbocycles. The van der Waals surface area contributed by atoms with Gasteiger partial charge in [0.05, 0.1) is 5.25 Å². The van der Waals surface area contributed by atoms with Gasteiger partial charge < -0.3 is 4.42 Å². The minimum atomic E-state index is 0.272. The molecule has 0 unspecified atom stereocenters. The molecule has 1 aromatic heterocycles. The van der Waals surface area contributed by atoms with Crippen molar-refractivity contribution in [3.63, 3.8) is 0 Å². The van der Waals surface area contributed by atoms with Crippen molar-refractivity contribution in [1.82, 2.24) is 10.2 Å². The van der Waals surface area contributed by atoms with E-state index >= 15 is 0 Å². The molecule has 0 saturated carbocycles. The molecule has 4 heteroatoms.